The Hall–Kier alpha value is -2.93. The summed E-state index contributed by atoms with van der Waals surface area (Å²) in [5.41, 5.74) is 0.324. The van der Waals surface area contributed by atoms with Crippen molar-refractivity contribution in [3.05, 3.63) is 65.5 Å². The molecule has 7 heteroatoms. The molecule has 1 N–H and O–H groups in total. The van der Waals surface area contributed by atoms with Crippen LogP contribution < -0.4 is 4.74 Å². The van der Waals surface area contributed by atoms with Gasteiger partial charge in [0.1, 0.15) is 18.2 Å². The van der Waals surface area contributed by atoms with Gasteiger partial charge in [-0.2, -0.15) is 0 Å². The number of carboxylic acids is 1. The van der Waals surface area contributed by atoms with Crippen LogP contribution in [0.15, 0.2) is 48.5 Å². The van der Waals surface area contributed by atoms with E-state index < -0.39 is 11.4 Å². The summed E-state index contributed by atoms with van der Waals surface area (Å²) in [5.74, 6) is -1.23. The summed E-state index contributed by atoms with van der Waals surface area (Å²) in [6.45, 7) is 1.52. The molecule has 2 aliphatic rings. The Balaban J connectivity index is 1.47. The van der Waals surface area contributed by atoms with E-state index in [1.807, 2.05) is 6.07 Å². The van der Waals surface area contributed by atoms with E-state index in [0.717, 1.165) is 5.56 Å². The number of ether oxygens (including phenoxy) is 2. The Kier molecular flexibility index (Phi) is 5.24. The van der Waals surface area contributed by atoms with Crippen LogP contribution in [0.1, 0.15) is 22.3 Å². The molecule has 2 saturated heterocycles. The Morgan fingerprint density at radius 1 is 1.24 bits per heavy atom. The van der Waals surface area contributed by atoms with Crippen LogP contribution in [0.2, 0.25) is 0 Å². The fourth-order valence-electron chi connectivity index (χ4n) is 4.15. The number of carbonyl (C=O) groups excluding carboxylic acids is 1. The van der Waals surface area contributed by atoms with Crippen molar-refractivity contribution in [3.63, 3.8) is 0 Å². The highest BCUT2D eigenvalue weighted by atomic mass is 19.1. The Bertz CT molecular complexity index is 933. The molecule has 2 heterocycles. The first-order valence-corrected chi connectivity index (χ1v) is 9.56. The molecule has 0 bridgehead atoms. The molecular formula is C22H22FNO5. The molecule has 2 aromatic carbocycles. The number of hydrogen-bond acceptors (Lipinski definition) is 4. The molecule has 2 atom stereocenters. The van der Waals surface area contributed by atoms with E-state index >= 15 is 0 Å². The summed E-state index contributed by atoms with van der Waals surface area (Å²) in [6.07, 6.45) is 0.415. The van der Waals surface area contributed by atoms with Crippen molar-refractivity contribution in [3.8, 4) is 5.75 Å². The van der Waals surface area contributed by atoms with E-state index in [9.17, 15) is 19.1 Å². The lowest BCUT2D eigenvalue weighted by Crippen LogP contribution is -2.45. The van der Waals surface area contributed by atoms with E-state index in [1.54, 1.807) is 35.2 Å². The van der Waals surface area contributed by atoms with Crippen LogP contribution in [0.25, 0.3) is 0 Å². The number of amides is 1. The standard InChI is InChI=1S/C22H22FNO5/c23-18-5-2-6-19(10-18)29-12-15-3-1-4-16(9-15)20(25)24-11-17-13-28-8-7-22(17,14-24)21(26)27/h1-6,9-10,17H,7-8,11-14H2,(H,26,27)/t17-,22+/m0/s1. The number of hydrogen-bond donors (Lipinski definition) is 1. The molecule has 0 aromatic heterocycles. The smallest absolute Gasteiger partial charge is 0.311 e. The summed E-state index contributed by atoms with van der Waals surface area (Å²) in [5, 5.41) is 9.77. The second kappa shape index (κ2) is 7.83. The summed E-state index contributed by atoms with van der Waals surface area (Å²) in [6, 6.07) is 12.9. The first kappa shape index (κ1) is 19.4. The van der Waals surface area contributed by atoms with E-state index in [-0.39, 0.29) is 30.8 Å². The van der Waals surface area contributed by atoms with Crippen molar-refractivity contribution in [2.45, 2.75) is 13.0 Å². The van der Waals surface area contributed by atoms with Crippen LogP contribution >= 0.6 is 0 Å². The highest BCUT2D eigenvalue weighted by molar-refractivity contribution is 5.95. The molecule has 4 rings (SSSR count). The number of likely N-dealkylation sites (tertiary alicyclic amines) is 1. The molecule has 0 radical (unpaired) electrons. The topological polar surface area (TPSA) is 76.1 Å². The lowest BCUT2D eigenvalue weighted by atomic mass is 9.74. The van der Waals surface area contributed by atoms with E-state index in [0.29, 0.717) is 37.5 Å². The number of rotatable bonds is 5. The van der Waals surface area contributed by atoms with Gasteiger partial charge in [0.05, 0.1) is 12.0 Å². The molecule has 0 unspecified atom stereocenters. The predicted octanol–water partition coefficient (Wildman–Crippen LogP) is 2.97. The van der Waals surface area contributed by atoms with Gasteiger partial charge in [0.2, 0.25) is 0 Å². The Labute approximate surface area is 167 Å². The van der Waals surface area contributed by atoms with Gasteiger partial charge in [-0.25, -0.2) is 4.39 Å². The quantitative estimate of drug-likeness (QED) is 0.837. The van der Waals surface area contributed by atoms with E-state index in [1.165, 1.54) is 12.1 Å². The molecule has 2 aromatic rings. The molecule has 2 aliphatic heterocycles. The zero-order chi connectivity index (χ0) is 20.4. The summed E-state index contributed by atoms with van der Waals surface area (Å²) < 4.78 is 24.3. The van der Waals surface area contributed by atoms with Crippen LogP contribution in [0, 0.1) is 17.2 Å². The maximum atomic E-state index is 13.3. The molecular weight excluding hydrogens is 377 g/mol. The molecule has 0 aliphatic carbocycles. The minimum atomic E-state index is -0.925. The first-order chi connectivity index (χ1) is 14.0. The van der Waals surface area contributed by atoms with Crippen molar-refractivity contribution in [1.82, 2.24) is 4.90 Å². The SMILES string of the molecule is O=C(c1cccc(COc2cccc(F)c2)c1)N1C[C@H]2COCC[C@@]2(C(=O)O)C1. The fourth-order valence-corrected chi connectivity index (χ4v) is 4.15. The number of halogens is 1. The first-order valence-electron chi connectivity index (χ1n) is 9.56. The van der Waals surface area contributed by atoms with Crippen LogP contribution in [0.5, 0.6) is 5.75 Å². The third-order valence-corrected chi connectivity index (χ3v) is 5.80. The van der Waals surface area contributed by atoms with Gasteiger partial charge in [0.15, 0.2) is 0 Å². The summed E-state index contributed by atoms with van der Waals surface area (Å²) in [7, 11) is 0. The average molecular weight is 399 g/mol. The van der Waals surface area contributed by atoms with Gasteiger partial charge in [-0.3, -0.25) is 9.59 Å². The fraction of sp³-hybridized carbons (Fsp3) is 0.364. The Morgan fingerprint density at radius 3 is 2.83 bits per heavy atom. The number of nitrogens with zero attached hydrogens (tertiary/aromatic N) is 1. The zero-order valence-electron chi connectivity index (χ0n) is 15.8. The van der Waals surface area contributed by atoms with Crippen molar-refractivity contribution < 1.29 is 28.6 Å². The van der Waals surface area contributed by atoms with Crippen molar-refractivity contribution in [2.75, 3.05) is 26.3 Å². The maximum absolute atomic E-state index is 13.3. The third kappa shape index (κ3) is 3.82. The lowest BCUT2D eigenvalue weighted by molar-refractivity contribution is -0.157. The maximum Gasteiger partial charge on any atom is 0.311 e. The average Bonchev–Trinajstić information content (AvgIpc) is 3.13. The van der Waals surface area contributed by atoms with Crippen molar-refractivity contribution in [1.29, 1.82) is 0 Å². The van der Waals surface area contributed by atoms with Gasteiger partial charge in [0, 0.05) is 37.2 Å². The highest BCUT2D eigenvalue weighted by Gasteiger charge is 2.54. The van der Waals surface area contributed by atoms with Crippen LogP contribution in [-0.4, -0.2) is 48.2 Å². The normalized spacial score (nSPS) is 23.5. The minimum Gasteiger partial charge on any atom is -0.489 e. The van der Waals surface area contributed by atoms with Crippen molar-refractivity contribution in [2.24, 2.45) is 11.3 Å². The molecule has 29 heavy (non-hydrogen) atoms. The number of benzene rings is 2. The number of aliphatic carboxylic acids is 1. The van der Waals surface area contributed by atoms with Gasteiger partial charge >= 0.3 is 5.97 Å². The van der Waals surface area contributed by atoms with E-state index in [4.69, 9.17) is 9.47 Å². The van der Waals surface area contributed by atoms with Gasteiger partial charge in [-0.05, 0) is 36.2 Å². The third-order valence-electron chi connectivity index (χ3n) is 5.80. The van der Waals surface area contributed by atoms with E-state index in [2.05, 4.69) is 0 Å². The largest absolute Gasteiger partial charge is 0.489 e. The number of carbonyl (C=O) groups is 2. The summed E-state index contributed by atoms with van der Waals surface area (Å²) in [4.78, 5) is 26.6. The second-order valence-electron chi connectivity index (χ2n) is 7.62. The Morgan fingerprint density at radius 2 is 2.07 bits per heavy atom. The molecule has 2 fully saturated rings. The van der Waals surface area contributed by atoms with Gasteiger partial charge < -0.3 is 19.5 Å². The highest BCUT2D eigenvalue weighted by Crippen LogP contribution is 2.42. The monoisotopic (exact) mass is 399 g/mol. The summed E-state index contributed by atoms with van der Waals surface area (Å²) >= 11 is 0. The van der Waals surface area contributed by atoms with Crippen LogP contribution in [0.3, 0.4) is 0 Å². The van der Waals surface area contributed by atoms with Gasteiger partial charge in [-0.1, -0.05) is 18.2 Å². The van der Waals surface area contributed by atoms with Gasteiger partial charge in [-0.15, -0.1) is 0 Å². The van der Waals surface area contributed by atoms with Crippen LogP contribution in [-0.2, 0) is 16.1 Å². The second-order valence-corrected chi connectivity index (χ2v) is 7.62. The lowest BCUT2D eigenvalue weighted by Gasteiger charge is -2.33. The molecule has 0 spiro atoms. The molecule has 152 valence electrons. The zero-order valence-corrected chi connectivity index (χ0v) is 15.8. The molecule has 0 saturated carbocycles. The van der Waals surface area contributed by atoms with Crippen LogP contribution in [0.4, 0.5) is 4.39 Å². The molecule has 1 amide bonds. The van der Waals surface area contributed by atoms with Crippen molar-refractivity contribution >= 4 is 11.9 Å². The minimum absolute atomic E-state index is 0.194. The van der Waals surface area contributed by atoms with Gasteiger partial charge in [0.25, 0.3) is 5.91 Å². The predicted molar refractivity (Wildman–Crippen MR) is 102 cm³/mol. The number of carboxylic acid groups (broad SMARTS) is 1. The number of fused-ring (bicyclic) bond motifs is 1. The molecule has 6 nitrogen and oxygen atoms in total.